The minimum absolute atomic E-state index is 0.00570. The Morgan fingerprint density at radius 2 is 1.67 bits per heavy atom. The molecule has 0 spiro atoms. The fourth-order valence-corrected chi connectivity index (χ4v) is 8.71. The number of amides is 1. The van der Waals surface area contributed by atoms with Crippen LogP contribution in [0.2, 0.25) is 0 Å². The molecule has 16 heteroatoms. The zero-order valence-corrected chi connectivity index (χ0v) is 30.5. The van der Waals surface area contributed by atoms with E-state index < -0.39 is 41.9 Å². The van der Waals surface area contributed by atoms with Gasteiger partial charge >= 0.3 is 13.7 Å². The van der Waals surface area contributed by atoms with Crippen LogP contribution < -0.4 is 20.5 Å². The maximum absolute atomic E-state index is 13.8. The van der Waals surface area contributed by atoms with E-state index in [1.165, 1.54) is 23.5 Å². The first-order valence-corrected chi connectivity index (χ1v) is 19.7. The Hall–Kier alpha value is -2.75. The zero-order chi connectivity index (χ0) is 35.6. The molecule has 49 heavy (non-hydrogen) atoms. The lowest BCUT2D eigenvalue weighted by Gasteiger charge is -2.31. The Morgan fingerprint density at radius 1 is 1.02 bits per heavy atom. The monoisotopic (exact) mass is 727 g/mol. The summed E-state index contributed by atoms with van der Waals surface area (Å²) in [6.45, 7) is 8.62. The topological polar surface area (TPSA) is 174 Å². The lowest BCUT2D eigenvalue weighted by atomic mass is 9.99. The fourth-order valence-electron chi connectivity index (χ4n) is 5.75. The van der Waals surface area contributed by atoms with Crippen LogP contribution in [0.4, 0.5) is 4.79 Å². The highest BCUT2D eigenvalue weighted by Gasteiger charge is 2.44. The van der Waals surface area contributed by atoms with Crippen LogP contribution in [0.15, 0.2) is 53.4 Å². The molecule has 1 amide bonds. The number of fused-ring (bicyclic) bond motifs is 1. The van der Waals surface area contributed by atoms with Gasteiger partial charge in [-0.3, -0.25) is 4.57 Å². The summed E-state index contributed by atoms with van der Waals surface area (Å²) < 4.78 is 80.3. The largest absolute Gasteiger partial charge is 0.497 e. The third kappa shape index (κ3) is 10.9. The second-order valence-electron chi connectivity index (χ2n) is 12.3. The molecule has 5 atom stereocenters. The van der Waals surface area contributed by atoms with Gasteiger partial charge in [-0.05, 0) is 74.6 Å². The Labute approximate surface area is 289 Å². The van der Waals surface area contributed by atoms with Crippen LogP contribution in [0.5, 0.6) is 11.5 Å². The maximum Gasteiger partial charge on any atom is 0.407 e. The lowest BCUT2D eigenvalue weighted by molar-refractivity contribution is -0.0907. The van der Waals surface area contributed by atoms with E-state index in [2.05, 4.69) is 5.32 Å². The van der Waals surface area contributed by atoms with Crippen LogP contribution >= 0.6 is 7.60 Å². The van der Waals surface area contributed by atoms with Crippen molar-refractivity contribution in [3.05, 3.63) is 54.1 Å². The van der Waals surface area contributed by atoms with Crippen LogP contribution in [-0.2, 0) is 44.3 Å². The molecule has 0 radical (unpaired) electrons. The number of rotatable bonds is 19. The number of nitrogens with one attached hydrogen (secondary N) is 1. The van der Waals surface area contributed by atoms with Crippen molar-refractivity contribution in [3.8, 4) is 11.5 Å². The van der Waals surface area contributed by atoms with Crippen molar-refractivity contribution in [1.82, 2.24) is 9.62 Å². The number of ether oxygens (including phenoxy) is 5. The molecule has 3 N–H and O–H groups in total. The highest BCUT2D eigenvalue weighted by Crippen LogP contribution is 2.47. The van der Waals surface area contributed by atoms with E-state index in [0.717, 1.165) is 12.0 Å². The zero-order valence-electron chi connectivity index (χ0n) is 28.8. The van der Waals surface area contributed by atoms with Crippen molar-refractivity contribution in [2.24, 2.45) is 17.6 Å². The van der Waals surface area contributed by atoms with E-state index >= 15 is 0 Å². The smallest absolute Gasteiger partial charge is 0.407 e. The highest BCUT2D eigenvalue weighted by molar-refractivity contribution is 7.89. The van der Waals surface area contributed by atoms with E-state index in [9.17, 15) is 17.8 Å². The van der Waals surface area contributed by atoms with Crippen LogP contribution in [-0.4, -0.2) is 96.3 Å². The number of hydrogen-bond acceptors (Lipinski definition) is 12. The Bertz CT molecular complexity index is 1480. The van der Waals surface area contributed by atoms with Gasteiger partial charge in [-0.2, -0.15) is 4.31 Å². The van der Waals surface area contributed by atoms with Gasteiger partial charge < -0.3 is 43.8 Å². The number of sulfonamides is 1. The van der Waals surface area contributed by atoms with Gasteiger partial charge in [-0.1, -0.05) is 26.0 Å². The molecule has 2 heterocycles. The van der Waals surface area contributed by atoms with Crippen LogP contribution in [0.25, 0.3) is 0 Å². The number of methoxy groups -OCH3 is 1. The number of alkyl carbamates (subject to hydrolysis) is 1. The molecule has 0 aromatic heterocycles. The van der Waals surface area contributed by atoms with Crippen molar-refractivity contribution in [3.63, 3.8) is 0 Å². The summed E-state index contributed by atoms with van der Waals surface area (Å²) >= 11 is 0. The highest BCUT2D eigenvalue weighted by atomic mass is 32.2. The van der Waals surface area contributed by atoms with E-state index in [1.807, 2.05) is 13.8 Å². The van der Waals surface area contributed by atoms with Crippen LogP contribution in [0, 0.1) is 11.8 Å². The average molecular weight is 728 g/mol. The van der Waals surface area contributed by atoms with Gasteiger partial charge in [0.15, 0.2) is 12.6 Å². The first-order valence-electron chi connectivity index (χ1n) is 16.6. The maximum atomic E-state index is 13.8. The van der Waals surface area contributed by atoms with Gasteiger partial charge in [0, 0.05) is 19.1 Å². The number of nitrogens with zero attached hydrogens (tertiary/aromatic N) is 1. The normalized spacial score (nSPS) is 20.6. The van der Waals surface area contributed by atoms with E-state index in [4.69, 9.17) is 38.5 Å². The van der Waals surface area contributed by atoms with Gasteiger partial charge in [0.05, 0.1) is 50.4 Å². The summed E-state index contributed by atoms with van der Waals surface area (Å²) in [6, 6.07) is 11.6. The summed E-state index contributed by atoms with van der Waals surface area (Å²) in [6.07, 6.45) is -0.823. The first kappa shape index (κ1) is 39.0. The molecule has 0 saturated carbocycles. The lowest BCUT2D eigenvalue weighted by Crippen LogP contribution is -2.55. The summed E-state index contributed by atoms with van der Waals surface area (Å²) in [5.41, 5.74) is 7.55. The van der Waals surface area contributed by atoms with E-state index in [1.54, 1.807) is 50.2 Å². The van der Waals surface area contributed by atoms with Gasteiger partial charge in [-0.15, -0.1) is 0 Å². The van der Waals surface area contributed by atoms with Gasteiger partial charge in [0.2, 0.25) is 10.0 Å². The third-order valence-electron chi connectivity index (χ3n) is 8.16. The molecule has 2 saturated heterocycles. The fraction of sp³-hybridized carbons (Fsp3) is 0.606. The number of hydrogen-bond donors (Lipinski definition) is 2. The van der Waals surface area contributed by atoms with Crippen molar-refractivity contribution < 1.29 is 50.5 Å². The third-order valence-corrected chi connectivity index (χ3v) is 11.8. The molecule has 2 aromatic carbocycles. The van der Waals surface area contributed by atoms with Crippen LogP contribution in [0.1, 0.15) is 39.7 Å². The van der Waals surface area contributed by atoms with Crippen molar-refractivity contribution in [2.75, 3.05) is 53.0 Å². The van der Waals surface area contributed by atoms with Gasteiger partial charge in [0.1, 0.15) is 17.6 Å². The molecule has 0 aliphatic carbocycles. The predicted octanol–water partition coefficient (Wildman–Crippen LogP) is 4.37. The molecule has 14 nitrogen and oxygen atoms in total. The summed E-state index contributed by atoms with van der Waals surface area (Å²) in [5.74, 6) is 0.919. The standard InChI is InChI=1S/C33H50N3O11PS/c1-6-45-48(38,46-7-2)22-44-26-10-8-24(9-11-26)18-30(35-33(37)47-31-21-43-32-28(31)16-17-42-32)29(34)20-36(19-23(3)4)49(39,40)27-14-12-25(41-5)13-15-27/h8-15,23,28-32H,6-7,16-22,34H2,1-5H3,(H,35,37)/t28-,29+,30-,31-,32+/m0/s1. The van der Waals surface area contributed by atoms with Crippen molar-refractivity contribution in [2.45, 2.75) is 69.9 Å². The molecule has 4 rings (SSSR count). The summed E-state index contributed by atoms with van der Waals surface area (Å²) in [4.78, 5) is 13.4. The Morgan fingerprint density at radius 3 is 2.29 bits per heavy atom. The number of benzene rings is 2. The van der Waals surface area contributed by atoms with Crippen LogP contribution in [0.3, 0.4) is 0 Å². The number of carbonyl (C=O) groups excluding carboxylic acids is 1. The predicted molar refractivity (Wildman–Crippen MR) is 182 cm³/mol. The second-order valence-corrected chi connectivity index (χ2v) is 16.3. The number of carbonyl (C=O) groups is 1. The van der Waals surface area contributed by atoms with Crippen molar-refractivity contribution >= 4 is 23.7 Å². The molecular formula is C33H50N3O11PS. The van der Waals surface area contributed by atoms with Gasteiger partial charge in [-0.25, -0.2) is 13.2 Å². The Kier molecular flexibility index (Phi) is 14.3. The molecular weight excluding hydrogens is 677 g/mol. The molecule has 2 aromatic rings. The number of nitrogens with two attached hydrogens (primary N) is 1. The molecule has 274 valence electrons. The van der Waals surface area contributed by atoms with E-state index in [0.29, 0.717) is 18.1 Å². The quantitative estimate of drug-likeness (QED) is 0.196. The minimum atomic E-state index is -3.95. The molecule has 2 aliphatic heterocycles. The first-order chi connectivity index (χ1) is 23.4. The SMILES string of the molecule is CCOP(=O)(COc1ccc(C[C@H](NC(=O)O[C@H]2CO[C@H]3OCC[C@H]32)[C@H](N)CN(CC(C)C)S(=O)(=O)c2ccc(OC)cc2)cc1)OCC. The second kappa shape index (κ2) is 18.0. The molecule has 2 aliphatic rings. The molecule has 0 bridgehead atoms. The van der Waals surface area contributed by atoms with Crippen molar-refractivity contribution in [1.29, 1.82) is 0 Å². The van der Waals surface area contributed by atoms with E-state index in [-0.39, 0.29) is 68.7 Å². The minimum Gasteiger partial charge on any atom is -0.497 e. The summed E-state index contributed by atoms with van der Waals surface area (Å²) in [7, 11) is -5.85. The Balaban J connectivity index is 1.52. The summed E-state index contributed by atoms with van der Waals surface area (Å²) in [5, 5.41) is 2.90. The molecule has 2 fully saturated rings. The van der Waals surface area contributed by atoms with Gasteiger partial charge in [0.25, 0.3) is 0 Å². The average Bonchev–Trinajstić information content (AvgIpc) is 3.69. The molecule has 0 unspecified atom stereocenters.